The number of aryl methyl sites for hydroxylation is 2. The van der Waals surface area contributed by atoms with E-state index in [1.54, 1.807) is 31.3 Å². The van der Waals surface area contributed by atoms with Crippen molar-refractivity contribution in [2.24, 2.45) is 0 Å². The summed E-state index contributed by atoms with van der Waals surface area (Å²) in [4.78, 5) is 27.6. The van der Waals surface area contributed by atoms with Crippen molar-refractivity contribution in [2.75, 3.05) is 14.2 Å². The molecule has 2 heterocycles. The zero-order valence-corrected chi connectivity index (χ0v) is 17.4. The van der Waals surface area contributed by atoms with Crippen LogP contribution in [0.25, 0.3) is 11.0 Å². The number of carbonyl (C=O) groups excluding carboxylic acids is 1. The summed E-state index contributed by atoms with van der Waals surface area (Å²) in [5, 5.41) is 10.5. The standard InChI is InChI=1S/C21H18BrNO5/c1-9-5-12-14(6-10(9)2)28-20-16(18(12)24)17(23(3)21(20)26)11-7-13(22)19(25)15(8-11)27-4/h5-8,17,25H,1-4H3. The van der Waals surface area contributed by atoms with Gasteiger partial charge < -0.3 is 19.2 Å². The molecule has 2 aromatic carbocycles. The first-order valence-corrected chi connectivity index (χ1v) is 9.45. The molecule has 144 valence electrons. The van der Waals surface area contributed by atoms with E-state index >= 15 is 0 Å². The Morgan fingerprint density at radius 3 is 2.50 bits per heavy atom. The second-order valence-corrected chi connectivity index (χ2v) is 7.83. The van der Waals surface area contributed by atoms with E-state index in [1.165, 1.54) is 12.0 Å². The third-order valence-corrected chi connectivity index (χ3v) is 5.91. The quantitative estimate of drug-likeness (QED) is 0.645. The number of hydrogen-bond donors (Lipinski definition) is 1. The van der Waals surface area contributed by atoms with Gasteiger partial charge in [-0.2, -0.15) is 0 Å². The maximum atomic E-state index is 13.3. The van der Waals surface area contributed by atoms with Crippen LogP contribution in [0.2, 0.25) is 0 Å². The minimum Gasteiger partial charge on any atom is -0.503 e. The van der Waals surface area contributed by atoms with E-state index in [2.05, 4.69) is 15.9 Å². The maximum Gasteiger partial charge on any atom is 0.290 e. The number of hydrogen-bond acceptors (Lipinski definition) is 5. The van der Waals surface area contributed by atoms with Crippen molar-refractivity contribution < 1.29 is 19.1 Å². The van der Waals surface area contributed by atoms with Crippen LogP contribution in [0.15, 0.2) is 37.9 Å². The van der Waals surface area contributed by atoms with Gasteiger partial charge in [0.2, 0.25) is 5.76 Å². The van der Waals surface area contributed by atoms with E-state index in [-0.39, 0.29) is 28.6 Å². The minimum absolute atomic E-state index is 0.0462. The number of amides is 1. The second-order valence-electron chi connectivity index (χ2n) is 6.98. The summed E-state index contributed by atoms with van der Waals surface area (Å²) >= 11 is 3.30. The summed E-state index contributed by atoms with van der Waals surface area (Å²) in [6, 6.07) is 6.23. The molecular formula is C21H18BrNO5. The average molecular weight is 444 g/mol. The van der Waals surface area contributed by atoms with Gasteiger partial charge in [0.05, 0.1) is 28.6 Å². The lowest BCUT2D eigenvalue weighted by molar-refractivity contribution is 0.0771. The van der Waals surface area contributed by atoms with Crippen molar-refractivity contribution in [1.82, 2.24) is 4.90 Å². The first kappa shape index (κ1) is 18.6. The number of fused-ring (bicyclic) bond motifs is 2. The minimum atomic E-state index is -0.643. The lowest BCUT2D eigenvalue weighted by Gasteiger charge is -2.21. The monoisotopic (exact) mass is 443 g/mol. The molecule has 28 heavy (non-hydrogen) atoms. The Hall–Kier alpha value is -2.80. The molecule has 1 aliphatic rings. The molecule has 6 nitrogen and oxygen atoms in total. The van der Waals surface area contributed by atoms with Gasteiger partial charge in [0.25, 0.3) is 5.91 Å². The SMILES string of the molecule is COc1cc(C2c3c(oc4cc(C)c(C)cc4c3=O)C(=O)N2C)cc(Br)c1O. The lowest BCUT2D eigenvalue weighted by atomic mass is 9.97. The number of ether oxygens (including phenoxy) is 1. The second kappa shape index (κ2) is 6.38. The molecule has 0 saturated heterocycles. The fraction of sp³-hybridized carbons (Fsp3) is 0.238. The van der Waals surface area contributed by atoms with Crippen molar-refractivity contribution in [2.45, 2.75) is 19.9 Å². The normalized spacial score (nSPS) is 16.0. The number of phenols is 1. The highest BCUT2D eigenvalue weighted by atomic mass is 79.9. The topological polar surface area (TPSA) is 80.0 Å². The molecule has 1 amide bonds. The largest absolute Gasteiger partial charge is 0.503 e. The third-order valence-electron chi connectivity index (χ3n) is 5.30. The van der Waals surface area contributed by atoms with Gasteiger partial charge in [-0.25, -0.2) is 0 Å². The van der Waals surface area contributed by atoms with Crippen LogP contribution < -0.4 is 10.2 Å². The molecule has 1 atom stereocenters. The van der Waals surface area contributed by atoms with Crippen LogP contribution in [0.1, 0.15) is 38.9 Å². The van der Waals surface area contributed by atoms with Crippen molar-refractivity contribution in [1.29, 1.82) is 0 Å². The van der Waals surface area contributed by atoms with Crippen molar-refractivity contribution in [3.8, 4) is 11.5 Å². The summed E-state index contributed by atoms with van der Waals surface area (Å²) in [6.07, 6.45) is 0. The van der Waals surface area contributed by atoms with Gasteiger partial charge in [0.1, 0.15) is 5.58 Å². The van der Waals surface area contributed by atoms with Gasteiger partial charge in [-0.3, -0.25) is 9.59 Å². The molecule has 0 aliphatic carbocycles. The number of benzene rings is 2. The van der Waals surface area contributed by atoms with Gasteiger partial charge >= 0.3 is 0 Å². The first-order valence-electron chi connectivity index (χ1n) is 8.66. The Morgan fingerprint density at radius 2 is 1.82 bits per heavy atom. The molecule has 3 aromatic rings. The number of aromatic hydroxyl groups is 1. The van der Waals surface area contributed by atoms with E-state index in [0.29, 0.717) is 26.6 Å². The highest BCUT2D eigenvalue weighted by Gasteiger charge is 2.41. The van der Waals surface area contributed by atoms with Crippen molar-refractivity contribution in [3.63, 3.8) is 0 Å². The van der Waals surface area contributed by atoms with Gasteiger partial charge in [-0.1, -0.05) is 0 Å². The van der Waals surface area contributed by atoms with E-state index in [1.807, 2.05) is 13.8 Å². The molecule has 0 spiro atoms. The molecule has 1 unspecified atom stereocenters. The van der Waals surface area contributed by atoms with Crippen molar-refractivity contribution in [3.05, 3.63) is 67.0 Å². The summed E-state index contributed by atoms with van der Waals surface area (Å²) in [7, 11) is 3.06. The number of nitrogens with zero attached hydrogens (tertiary/aromatic N) is 1. The molecule has 4 rings (SSSR count). The molecular weight excluding hydrogens is 426 g/mol. The van der Waals surface area contributed by atoms with Crippen LogP contribution in [0.5, 0.6) is 11.5 Å². The number of rotatable bonds is 2. The van der Waals surface area contributed by atoms with Gasteiger partial charge in [-0.15, -0.1) is 0 Å². The number of halogens is 1. The summed E-state index contributed by atoms with van der Waals surface area (Å²) in [5.74, 6) is -0.109. The Bertz CT molecular complexity index is 1210. The molecule has 0 saturated carbocycles. The van der Waals surface area contributed by atoms with E-state index < -0.39 is 6.04 Å². The highest BCUT2D eigenvalue weighted by Crippen LogP contribution is 2.42. The van der Waals surface area contributed by atoms with Gasteiger partial charge in [0, 0.05) is 7.05 Å². The molecule has 0 fully saturated rings. The third kappa shape index (κ3) is 2.53. The van der Waals surface area contributed by atoms with Crippen LogP contribution in [0.3, 0.4) is 0 Å². The van der Waals surface area contributed by atoms with Crippen LogP contribution >= 0.6 is 15.9 Å². The highest BCUT2D eigenvalue weighted by molar-refractivity contribution is 9.10. The molecule has 0 radical (unpaired) electrons. The smallest absolute Gasteiger partial charge is 0.290 e. The fourth-order valence-electron chi connectivity index (χ4n) is 3.64. The Balaban J connectivity index is 2.03. The molecule has 0 bridgehead atoms. The van der Waals surface area contributed by atoms with Crippen LogP contribution in [0.4, 0.5) is 0 Å². The fourth-order valence-corrected chi connectivity index (χ4v) is 4.10. The predicted octanol–water partition coefficient (Wildman–Crippen LogP) is 4.06. The van der Waals surface area contributed by atoms with E-state index in [9.17, 15) is 14.7 Å². The van der Waals surface area contributed by atoms with Gasteiger partial charge in [0.15, 0.2) is 16.9 Å². The molecule has 1 N–H and O–H groups in total. The van der Waals surface area contributed by atoms with E-state index in [0.717, 1.165) is 11.1 Å². The van der Waals surface area contributed by atoms with Crippen molar-refractivity contribution >= 4 is 32.8 Å². The zero-order chi connectivity index (χ0) is 20.3. The zero-order valence-electron chi connectivity index (χ0n) is 15.8. The summed E-state index contributed by atoms with van der Waals surface area (Å²) in [6.45, 7) is 3.86. The predicted molar refractivity (Wildman–Crippen MR) is 108 cm³/mol. The number of carbonyl (C=O) groups is 1. The van der Waals surface area contributed by atoms with E-state index in [4.69, 9.17) is 9.15 Å². The molecule has 1 aliphatic heterocycles. The summed E-state index contributed by atoms with van der Waals surface area (Å²) in [5.41, 5.74) is 3.06. The first-order chi connectivity index (χ1) is 13.2. The molecule has 7 heteroatoms. The average Bonchev–Trinajstić information content (AvgIpc) is 2.91. The van der Waals surface area contributed by atoms with Crippen LogP contribution in [-0.4, -0.2) is 30.1 Å². The lowest BCUT2D eigenvalue weighted by Crippen LogP contribution is -2.25. The summed E-state index contributed by atoms with van der Waals surface area (Å²) < 4.78 is 11.5. The Morgan fingerprint density at radius 1 is 1.14 bits per heavy atom. The number of methoxy groups -OCH3 is 1. The number of phenolic OH excluding ortho intramolecular Hbond substituents is 1. The maximum absolute atomic E-state index is 13.3. The van der Waals surface area contributed by atoms with Gasteiger partial charge in [-0.05, 0) is 70.7 Å². The Kier molecular flexibility index (Phi) is 4.23. The van der Waals surface area contributed by atoms with Crippen LogP contribution in [-0.2, 0) is 0 Å². The van der Waals surface area contributed by atoms with Crippen LogP contribution in [0, 0.1) is 13.8 Å². The Labute approximate surface area is 169 Å². The molecule has 1 aromatic heterocycles.